The monoisotopic (exact) mass is 619 g/mol. The minimum absolute atomic E-state index is 0.00475. The third-order valence-corrected chi connectivity index (χ3v) is 8.33. The highest BCUT2D eigenvalue weighted by Crippen LogP contribution is 2.48. The summed E-state index contributed by atoms with van der Waals surface area (Å²) >= 11 is 0. The van der Waals surface area contributed by atoms with Crippen LogP contribution in [0.5, 0.6) is 11.5 Å². The summed E-state index contributed by atoms with van der Waals surface area (Å²) in [6.07, 6.45) is 3.82. The first-order chi connectivity index (χ1) is 21.3. The molecule has 0 bridgehead atoms. The summed E-state index contributed by atoms with van der Waals surface area (Å²) in [5, 5.41) is 18.6. The number of nitrogens with one attached hydrogen (secondary N) is 1. The Kier molecular flexibility index (Phi) is 7.00. The Morgan fingerprint density at radius 2 is 1.96 bits per heavy atom. The Hall–Kier alpha value is -5.09. The van der Waals surface area contributed by atoms with Gasteiger partial charge in [0.25, 0.3) is 5.91 Å². The van der Waals surface area contributed by atoms with E-state index in [1.165, 1.54) is 38.3 Å². The highest BCUT2D eigenvalue weighted by atomic mass is 19.4. The molecule has 0 radical (unpaired) electrons. The van der Waals surface area contributed by atoms with E-state index in [2.05, 4.69) is 21.3 Å². The quantitative estimate of drug-likeness (QED) is 0.255. The van der Waals surface area contributed by atoms with Crippen LogP contribution in [0.25, 0.3) is 22.2 Å². The molecule has 1 unspecified atom stereocenters. The molecular weight excluding hydrogens is 591 g/mol. The molecule has 2 aromatic carbocycles. The maximum absolute atomic E-state index is 14.8. The van der Waals surface area contributed by atoms with Gasteiger partial charge in [0.2, 0.25) is 11.5 Å². The molecule has 0 spiro atoms. The average Bonchev–Trinajstić information content (AvgIpc) is 3.69. The summed E-state index contributed by atoms with van der Waals surface area (Å²) in [4.78, 5) is 29.9. The molecule has 4 aromatic rings. The fourth-order valence-corrected chi connectivity index (χ4v) is 5.30. The number of alkyl halides is 3. The van der Waals surface area contributed by atoms with Crippen molar-refractivity contribution in [1.29, 1.82) is 0 Å². The first kappa shape index (κ1) is 30.0. The molecule has 10 nitrogen and oxygen atoms in total. The van der Waals surface area contributed by atoms with Gasteiger partial charge in [0.05, 0.1) is 25.4 Å². The van der Waals surface area contributed by atoms with Gasteiger partial charge in [-0.1, -0.05) is 18.1 Å². The van der Waals surface area contributed by atoms with E-state index in [-0.39, 0.29) is 41.0 Å². The van der Waals surface area contributed by atoms with Crippen molar-refractivity contribution < 1.29 is 37.3 Å². The minimum Gasteiger partial charge on any atom is -0.494 e. The third kappa shape index (κ3) is 5.01. The number of primary amides is 1. The van der Waals surface area contributed by atoms with E-state index in [1.54, 1.807) is 23.0 Å². The number of amides is 2. The number of nitrogens with two attached hydrogens (primary N) is 1. The molecule has 2 aliphatic rings. The minimum atomic E-state index is -5.32. The summed E-state index contributed by atoms with van der Waals surface area (Å²) in [5.41, 5.74) is 0.892. The van der Waals surface area contributed by atoms with Gasteiger partial charge in [-0.05, 0) is 50.1 Å². The molecule has 0 saturated heterocycles. The Morgan fingerprint density at radius 1 is 1.24 bits per heavy atom. The van der Waals surface area contributed by atoms with Crippen molar-refractivity contribution >= 4 is 22.7 Å². The normalized spacial score (nSPS) is 18.9. The SMILES string of the molecule is C#Cc1ccc(-c2nc(C(O)(CNC(=O)c3cc(OC)c4nn(C5CC5)cc4c3)C(F)(F)F)cc3c2OC[C@]3(C)C(N)=O)cc1. The highest BCUT2D eigenvalue weighted by Gasteiger charge is 2.57. The molecule has 2 aromatic heterocycles. The van der Waals surface area contributed by atoms with Crippen molar-refractivity contribution in [3.05, 3.63) is 71.0 Å². The molecule has 232 valence electrons. The molecule has 45 heavy (non-hydrogen) atoms. The van der Waals surface area contributed by atoms with Crippen LogP contribution in [-0.2, 0) is 15.8 Å². The average molecular weight is 620 g/mol. The van der Waals surface area contributed by atoms with Crippen LogP contribution in [0.1, 0.15) is 53.0 Å². The van der Waals surface area contributed by atoms with E-state index >= 15 is 0 Å². The predicted molar refractivity (Wildman–Crippen MR) is 156 cm³/mol. The molecule has 1 aliphatic heterocycles. The number of methoxy groups -OCH3 is 1. The van der Waals surface area contributed by atoms with Crippen LogP contribution >= 0.6 is 0 Å². The lowest BCUT2D eigenvalue weighted by molar-refractivity contribution is -0.265. The van der Waals surface area contributed by atoms with Crippen LogP contribution < -0.4 is 20.5 Å². The molecule has 2 atom stereocenters. The number of fused-ring (bicyclic) bond motifs is 2. The number of benzene rings is 2. The van der Waals surface area contributed by atoms with E-state index in [4.69, 9.17) is 21.6 Å². The standard InChI is InChI=1S/C32H28F3N5O5/c1-4-17-5-7-18(8-6-17)26-27-22(30(2,16-45-27)29(36)42)13-24(38-26)31(43,32(33,34)35)15-37-28(41)19-11-20-14-40(21-9-10-21)39-25(20)23(12-19)44-3/h1,5-8,11-14,21,43H,9-10,15-16H2,2-3H3,(H2,36,42)(H,37,41)/t30-,31?/m0/s1. The summed E-state index contributed by atoms with van der Waals surface area (Å²) in [6.45, 7) is -0.118. The van der Waals surface area contributed by atoms with E-state index in [0.717, 1.165) is 18.9 Å². The van der Waals surface area contributed by atoms with Gasteiger partial charge >= 0.3 is 6.18 Å². The lowest BCUT2D eigenvalue weighted by atomic mass is 9.81. The third-order valence-electron chi connectivity index (χ3n) is 8.33. The number of rotatable bonds is 8. The fourth-order valence-electron chi connectivity index (χ4n) is 5.30. The molecule has 2 amide bonds. The van der Waals surface area contributed by atoms with Gasteiger partial charge < -0.3 is 25.6 Å². The number of terminal acetylenes is 1. The maximum Gasteiger partial charge on any atom is 0.424 e. The molecule has 4 N–H and O–H groups in total. The number of ether oxygens (including phenoxy) is 2. The van der Waals surface area contributed by atoms with E-state index < -0.39 is 41.2 Å². The van der Waals surface area contributed by atoms with Crippen LogP contribution in [0, 0.1) is 12.3 Å². The topological polar surface area (TPSA) is 142 Å². The Labute approximate surface area is 255 Å². The molecule has 13 heteroatoms. The first-order valence-electron chi connectivity index (χ1n) is 14.0. The molecule has 1 fully saturated rings. The number of aromatic nitrogens is 3. The number of halogens is 3. The van der Waals surface area contributed by atoms with Crippen LogP contribution in [0.3, 0.4) is 0 Å². The van der Waals surface area contributed by atoms with Gasteiger partial charge in [-0.2, -0.15) is 18.3 Å². The van der Waals surface area contributed by atoms with E-state index in [0.29, 0.717) is 22.0 Å². The van der Waals surface area contributed by atoms with Crippen LogP contribution in [0.2, 0.25) is 0 Å². The molecule has 1 saturated carbocycles. The summed E-state index contributed by atoms with van der Waals surface area (Å²) in [6, 6.07) is 10.3. The van der Waals surface area contributed by atoms with Crippen molar-refractivity contribution in [2.45, 2.75) is 43.0 Å². The van der Waals surface area contributed by atoms with Gasteiger partial charge in [0.15, 0.2) is 0 Å². The summed E-state index contributed by atoms with van der Waals surface area (Å²) in [5.74, 6) is 1.04. The number of hydrogen-bond donors (Lipinski definition) is 3. The number of nitrogens with zero attached hydrogens (tertiary/aromatic N) is 3. The number of pyridine rings is 1. The summed E-state index contributed by atoms with van der Waals surface area (Å²) in [7, 11) is 1.40. The second kappa shape index (κ2) is 10.5. The number of hydrogen-bond acceptors (Lipinski definition) is 7. The van der Waals surface area contributed by atoms with Crippen molar-refractivity contribution in [2.75, 3.05) is 20.3 Å². The Bertz CT molecular complexity index is 1890. The van der Waals surface area contributed by atoms with Gasteiger partial charge in [-0.15, -0.1) is 6.42 Å². The molecule has 3 heterocycles. The Balaban J connectivity index is 1.40. The highest BCUT2D eigenvalue weighted by molar-refractivity contribution is 6.00. The largest absolute Gasteiger partial charge is 0.494 e. The zero-order valence-electron chi connectivity index (χ0n) is 24.2. The molecular formula is C32H28F3N5O5. The van der Waals surface area contributed by atoms with Crippen LogP contribution in [0.4, 0.5) is 13.2 Å². The van der Waals surface area contributed by atoms with Crippen LogP contribution in [0.15, 0.2) is 48.7 Å². The van der Waals surface area contributed by atoms with Crippen molar-refractivity contribution in [3.63, 3.8) is 0 Å². The lowest BCUT2D eigenvalue weighted by Gasteiger charge is -2.31. The fraction of sp³-hybridized carbons (Fsp3) is 0.312. The van der Waals surface area contributed by atoms with E-state index in [9.17, 15) is 27.9 Å². The lowest BCUT2D eigenvalue weighted by Crippen LogP contribution is -2.51. The zero-order chi connectivity index (χ0) is 32.3. The first-order valence-corrected chi connectivity index (χ1v) is 14.0. The number of carbonyl (C=O) groups excluding carboxylic acids is 2. The summed E-state index contributed by atoms with van der Waals surface area (Å²) < 4.78 is 57.2. The second-order valence-corrected chi connectivity index (χ2v) is 11.4. The van der Waals surface area contributed by atoms with Crippen LogP contribution in [-0.4, -0.2) is 58.1 Å². The molecule has 1 aliphatic carbocycles. The van der Waals surface area contributed by atoms with Crippen molar-refractivity contribution in [3.8, 4) is 35.1 Å². The number of aliphatic hydroxyl groups is 1. The van der Waals surface area contributed by atoms with Gasteiger partial charge in [-0.3, -0.25) is 14.3 Å². The predicted octanol–water partition coefficient (Wildman–Crippen LogP) is 3.74. The molecule has 6 rings (SSSR count). The maximum atomic E-state index is 14.8. The smallest absolute Gasteiger partial charge is 0.424 e. The van der Waals surface area contributed by atoms with Gasteiger partial charge in [-0.25, -0.2) is 4.98 Å². The van der Waals surface area contributed by atoms with Gasteiger partial charge in [0, 0.05) is 33.8 Å². The van der Waals surface area contributed by atoms with E-state index in [1.807, 2.05) is 0 Å². The second-order valence-electron chi connectivity index (χ2n) is 11.4. The number of carbonyl (C=O) groups is 2. The van der Waals surface area contributed by atoms with Crippen molar-refractivity contribution in [1.82, 2.24) is 20.1 Å². The van der Waals surface area contributed by atoms with Gasteiger partial charge in [0.1, 0.15) is 34.7 Å². The Morgan fingerprint density at radius 3 is 2.56 bits per heavy atom. The van der Waals surface area contributed by atoms with Crippen molar-refractivity contribution in [2.24, 2.45) is 5.73 Å². The zero-order valence-corrected chi connectivity index (χ0v) is 24.2.